The van der Waals surface area contributed by atoms with Crippen LogP contribution >= 0.6 is 11.3 Å². The molecule has 0 aliphatic heterocycles. The third kappa shape index (κ3) is 4.68. The quantitative estimate of drug-likeness (QED) is 0.388. The maximum Gasteiger partial charge on any atom is 0.337 e. The average molecular weight is 382 g/mol. The number of ether oxygens (including phenoxy) is 1. The largest absolute Gasteiger partial charge is 0.465 e. The van der Waals surface area contributed by atoms with E-state index in [9.17, 15) is 9.59 Å². The van der Waals surface area contributed by atoms with Gasteiger partial charge in [0.1, 0.15) is 6.04 Å². The molecular formula is C19H18N4O3S. The van der Waals surface area contributed by atoms with Crippen molar-refractivity contribution in [2.24, 2.45) is 5.10 Å². The van der Waals surface area contributed by atoms with E-state index < -0.39 is 12.0 Å². The van der Waals surface area contributed by atoms with Crippen molar-refractivity contribution in [1.29, 1.82) is 0 Å². The Labute approximate surface area is 160 Å². The van der Waals surface area contributed by atoms with Gasteiger partial charge in [-0.2, -0.15) is 5.10 Å². The molecule has 1 amide bonds. The van der Waals surface area contributed by atoms with Gasteiger partial charge in [0.2, 0.25) is 0 Å². The van der Waals surface area contributed by atoms with E-state index in [4.69, 9.17) is 0 Å². The van der Waals surface area contributed by atoms with E-state index in [1.807, 2.05) is 24.3 Å². The number of hydrazone groups is 1. The topological polar surface area (TPSA) is 92.7 Å². The predicted molar refractivity (Wildman–Crippen MR) is 106 cm³/mol. The Morgan fingerprint density at radius 1 is 1.19 bits per heavy atom. The molecule has 1 aromatic heterocycles. The summed E-state index contributed by atoms with van der Waals surface area (Å²) in [6.07, 6.45) is 1.50. The molecule has 0 saturated heterocycles. The summed E-state index contributed by atoms with van der Waals surface area (Å²) in [6.45, 7) is 1.74. The molecule has 1 atom stereocenters. The summed E-state index contributed by atoms with van der Waals surface area (Å²) in [7, 11) is 1.33. The number of thiazole rings is 1. The summed E-state index contributed by atoms with van der Waals surface area (Å²) < 4.78 is 5.70. The fraction of sp³-hybridized carbons (Fsp3) is 0.158. The molecule has 0 radical (unpaired) electrons. The normalized spacial score (nSPS) is 12.1. The van der Waals surface area contributed by atoms with E-state index in [2.05, 4.69) is 25.6 Å². The van der Waals surface area contributed by atoms with Crippen molar-refractivity contribution < 1.29 is 14.3 Å². The number of nitrogens with one attached hydrogen (secondary N) is 2. The van der Waals surface area contributed by atoms with E-state index in [1.54, 1.807) is 31.2 Å². The summed E-state index contributed by atoms with van der Waals surface area (Å²) in [4.78, 5) is 28.0. The van der Waals surface area contributed by atoms with Crippen molar-refractivity contribution in [2.45, 2.75) is 13.0 Å². The van der Waals surface area contributed by atoms with Crippen LogP contribution in [0.4, 0.5) is 5.13 Å². The standard InChI is InChI=1S/C19H18N4O3S/c1-12(21-19-22-15-5-3-4-6-16(15)27-19)17(24)23-20-11-13-7-9-14(10-8-13)18(25)26-2/h3-12H,1-2H3,(H,21,22)(H,23,24)/b20-11-/t12-/m1/s1. The first-order valence-electron chi connectivity index (χ1n) is 8.20. The van der Waals surface area contributed by atoms with Gasteiger partial charge in [-0.15, -0.1) is 0 Å². The molecular weight excluding hydrogens is 364 g/mol. The lowest BCUT2D eigenvalue weighted by Crippen LogP contribution is -2.34. The van der Waals surface area contributed by atoms with Gasteiger partial charge in [0.15, 0.2) is 5.13 Å². The number of methoxy groups -OCH3 is 1. The number of nitrogens with zero attached hydrogens (tertiary/aromatic N) is 2. The van der Waals surface area contributed by atoms with E-state index in [0.29, 0.717) is 10.7 Å². The molecule has 3 rings (SSSR count). The maximum atomic E-state index is 12.2. The Bertz CT molecular complexity index is 949. The smallest absolute Gasteiger partial charge is 0.337 e. The molecule has 138 valence electrons. The van der Waals surface area contributed by atoms with Crippen LogP contribution in [0.15, 0.2) is 53.6 Å². The molecule has 8 heteroatoms. The fourth-order valence-electron chi connectivity index (χ4n) is 2.28. The summed E-state index contributed by atoms with van der Waals surface area (Å²) in [5.41, 5.74) is 4.58. The van der Waals surface area contributed by atoms with E-state index in [1.165, 1.54) is 24.7 Å². The number of para-hydroxylation sites is 1. The number of hydrogen-bond acceptors (Lipinski definition) is 7. The Morgan fingerprint density at radius 2 is 1.93 bits per heavy atom. The Hall–Kier alpha value is -3.26. The van der Waals surface area contributed by atoms with Crippen LogP contribution < -0.4 is 10.7 Å². The second-order valence-corrected chi connectivity index (χ2v) is 6.73. The van der Waals surface area contributed by atoms with Gasteiger partial charge in [-0.25, -0.2) is 15.2 Å². The minimum absolute atomic E-state index is 0.281. The van der Waals surface area contributed by atoms with Crippen LogP contribution in [0.1, 0.15) is 22.8 Å². The van der Waals surface area contributed by atoms with Crippen molar-refractivity contribution in [3.8, 4) is 0 Å². The van der Waals surface area contributed by atoms with Gasteiger partial charge in [-0.3, -0.25) is 4.79 Å². The molecule has 7 nitrogen and oxygen atoms in total. The number of aromatic nitrogens is 1. The van der Waals surface area contributed by atoms with Crippen LogP contribution in [-0.4, -0.2) is 36.2 Å². The average Bonchev–Trinajstić information content (AvgIpc) is 3.10. The first-order chi connectivity index (χ1) is 13.1. The Balaban J connectivity index is 1.54. The van der Waals surface area contributed by atoms with Crippen LogP contribution in [0.2, 0.25) is 0 Å². The van der Waals surface area contributed by atoms with Gasteiger partial charge in [0.25, 0.3) is 5.91 Å². The molecule has 2 N–H and O–H groups in total. The molecule has 3 aromatic rings. The molecule has 2 aromatic carbocycles. The SMILES string of the molecule is COC(=O)c1ccc(/C=N\NC(=O)[C@@H](C)Nc2nc3ccccc3s2)cc1. The van der Waals surface area contributed by atoms with E-state index in [-0.39, 0.29) is 5.91 Å². The highest BCUT2D eigenvalue weighted by Crippen LogP contribution is 2.25. The van der Waals surface area contributed by atoms with E-state index >= 15 is 0 Å². The molecule has 0 fully saturated rings. The van der Waals surface area contributed by atoms with Gasteiger partial charge >= 0.3 is 5.97 Å². The summed E-state index contributed by atoms with van der Waals surface area (Å²) in [5.74, 6) is -0.682. The van der Waals surface area contributed by atoms with Gasteiger partial charge < -0.3 is 10.1 Å². The number of rotatable bonds is 6. The number of amides is 1. The minimum atomic E-state index is -0.496. The molecule has 0 aliphatic rings. The van der Waals surface area contributed by atoms with Gasteiger partial charge in [-0.1, -0.05) is 35.6 Å². The van der Waals surface area contributed by atoms with Gasteiger partial charge in [-0.05, 0) is 36.8 Å². The lowest BCUT2D eigenvalue weighted by molar-refractivity contribution is -0.121. The highest BCUT2D eigenvalue weighted by Gasteiger charge is 2.14. The summed E-state index contributed by atoms with van der Waals surface area (Å²) >= 11 is 1.49. The number of carbonyl (C=O) groups is 2. The monoisotopic (exact) mass is 382 g/mol. The highest BCUT2D eigenvalue weighted by molar-refractivity contribution is 7.22. The van der Waals surface area contributed by atoms with Crippen LogP contribution in [0.3, 0.4) is 0 Å². The zero-order valence-electron chi connectivity index (χ0n) is 14.8. The molecule has 0 spiro atoms. The Kier molecular flexibility index (Phi) is 5.77. The van der Waals surface area contributed by atoms with E-state index in [0.717, 1.165) is 15.8 Å². The van der Waals surface area contributed by atoms with Gasteiger partial charge in [0, 0.05) is 0 Å². The summed E-state index contributed by atoms with van der Waals surface area (Å²) in [6, 6.07) is 14.0. The fourth-order valence-corrected chi connectivity index (χ4v) is 3.23. The molecule has 27 heavy (non-hydrogen) atoms. The lowest BCUT2D eigenvalue weighted by atomic mass is 10.1. The van der Waals surface area contributed by atoms with Crippen LogP contribution in [-0.2, 0) is 9.53 Å². The van der Waals surface area contributed by atoms with Crippen molar-refractivity contribution in [3.05, 3.63) is 59.7 Å². The maximum absolute atomic E-state index is 12.2. The molecule has 0 aliphatic carbocycles. The predicted octanol–water partition coefficient (Wildman–Crippen LogP) is 3.03. The van der Waals surface area contributed by atoms with Crippen molar-refractivity contribution in [1.82, 2.24) is 10.4 Å². The first kappa shape index (κ1) is 18.5. The number of carbonyl (C=O) groups excluding carboxylic acids is 2. The van der Waals surface area contributed by atoms with Crippen molar-refractivity contribution in [3.63, 3.8) is 0 Å². The molecule has 0 bridgehead atoms. The number of anilines is 1. The molecule has 1 heterocycles. The second kappa shape index (κ2) is 8.41. The summed E-state index contributed by atoms with van der Waals surface area (Å²) in [5, 5.41) is 7.70. The zero-order valence-corrected chi connectivity index (χ0v) is 15.6. The molecule has 0 unspecified atom stereocenters. The highest BCUT2D eigenvalue weighted by atomic mass is 32.1. The second-order valence-electron chi connectivity index (χ2n) is 5.70. The van der Waals surface area contributed by atoms with Crippen LogP contribution in [0.25, 0.3) is 10.2 Å². The number of esters is 1. The van der Waals surface area contributed by atoms with Crippen molar-refractivity contribution in [2.75, 3.05) is 12.4 Å². The number of hydrogen-bond donors (Lipinski definition) is 2. The Morgan fingerprint density at radius 3 is 2.63 bits per heavy atom. The van der Waals surface area contributed by atoms with Gasteiger partial charge in [0.05, 0.1) is 29.1 Å². The van der Waals surface area contributed by atoms with Crippen LogP contribution in [0.5, 0.6) is 0 Å². The number of benzene rings is 2. The minimum Gasteiger partial charge on any atom is -0.465 e. The third-order valence-electron chi connectivity index (χ3n) is 3.75. The third-order valence-corrected chi connectivity index (χ3v) is 4.71. The number of fused-ring (bicyclic) bond motifs is 1. The zero-order chi connectivity index (χ0) is 19.2. The lowest BCUT2D eigenvalue weighted by Gasteiger charge is -2.10. The molecule has 0 saturated carbocycles. The van der Waals surface area contributed by atoms with Crippen LogP contribution in [0, 0.1) is 0 Å². The first-order valence-corrected chi connectivity index (χ1v) is 9.02. The van der Waals surface area contributed by atoms with Crippen molar-refractivity contribution >= 4 is 44.8 Å².